The Morgan fingerprint density at radius 2 is 1.70 bits per heavy atom. The van der Waals surface area contributed by atoms with Crippen LogP contribution in [0.3, 0.4) is 0 Å². The Morgan fingerprint density at radius 1 is 1.04 bits per heavy atom. The molecule has 4 atom stereocenters. The molecule has 2 aliphatic carbocycles. The number of hydrogen-bond donors (Lipinski definition) is 0. The summed E-state index contributed by atoms with van der Waals surface area (Å²) >= 11 is 0. The Balaban J connectivity index is 1.40. The summed E-state index contributed by atoms with van der Waals surface area (Å²) in [4.78, 5) is 25.4. The minimum atomic E-state index is -0.224. The third-order valence-corrected chi connectivity index (χ3v) is 5.88. The summed E-state index contributed by atoms with van der Waals surface area (Å²) in [6.45, 7) is 0. The lowest BCUT2D eigenvalue weighted by molar-refractivity contribution is -0.140. The molecule has 1 saturated carbocycles. The van der Waals surface area contributed by atoms with Gasteiger partial charge in [0.05, 0.1) is 30.9 Å². The summed E-state index contributed by atoms with van der Waals surface area (Å²) in [7, 11) is 1.63. The maximum absolute atomic E-state index is 12.7. The molecular weight excluding hydrogens is 342 g/mol. The molecule has 2 amide bonds. The fourth-order valence-electron chi connectivity index (χ4n) is 4.59. The first-order valence-electron chi connectivity index (χ1n) is 9.09. The molecule has 2 bridgehead atoms. The second-order valence-corrected chi connectivity index (χ2v) is 7.23. The number of hydrazone groups is 1. The van der Waals surface area contributed by atoms with E-state index in [1.807, 2.05) is 47.2 Å². The summed E-state index contributed by atoms with van der Waals surface area (Å²) < 4.78 is 7.14. The van der Waals surface area contributed by atoms with E-state index < -0.39 is 0 Å². The molecule has 1 aliphatic heterocycles. The molecule has 0 unspecified atom stereocenters. The van der Waals surface area contributed by atoms with Crippen molar-refractivity contribution in [2.24, 2.45) is 28.8 Å². The third kappa shape index (κ3) is 2.36. The molecule has 1 aromatic carbocycles. The molecule has 0 N–H and O–H groups in total. The van der Waals surface area contributed by atoms with Gasteiger partial charge >= 0.3 is 0 Å². The molecule has 2 heterocycles. The van der Waals surface area contributed by atoms with E-state index in [1.165, 1.54) is 0 Å². The van der Waals surface area contributed by atoms with Crippen molar-refractivity contribution < 1.29 is 14.3 Å². The second-order valence-electron chi connectivity index (χ2n) is 7.23. The summed E-state index contributed by atoms with van der Waals surface area (Å²) in [6.07, 6.45) is 8.58. The van der Waals surface area contributed by atoms with Gasteiger partial charge in [0.15, 0.2) is 0 Å². The van der Waals surface area contributed by atoms with Crippen LogP contribution in [0.25, 0.3) is 5.69 Å². The number of hydrogen-bond acceptors (Lipinski definition) is 4. The lowest BCUT2D eigenvalue weighted by atomic mass is 9.85. The Kier molecular flexibility index (Phi) is 3.53. The van der Waals surface area contributed by atoms with E-state index in [0.29, 0.717) is 0 Å². The number of imide groups is 1. The minimum absolute atomic E-state index is 0.166. The molecule has 0 radical (unpaired) electrons. The number of amides is 2. The Bertz CT molecular complexity index is 943. The molecule has 1 saturated heterocycles. The largest absolute Gasteiger partial charge is 0.497 e. The van der Waals surface area contributed by atoms with Crippen molar-refractivity contribution in [2.75, 3.05) is 7.11 Å². The van der Waals surface area contributed by atoms with Crippen LogP contribution >= 0.6 is 0 Å². The molecule has 3 aliphatic rings. The zero-order valence-corrected chi connectivity index (χ0v) is 14.9. The SMILES string of the molecule is COc1ccc(-n2cccc2C=NN2C(=O)[C@@H]3[C@H](C2=O)[C@H]2C=C[C@H]3C2)cc1. The van der Waals surface area contributed by atoms with Gasteiger partial charge in [0.2, 0.25) is 0 Å². The van der Waals surface area contributed by atoms with Crippen LogP contribution in [0, 0.1) is 23.7 Å². The number of nitrogens with zero attached hydrogens (tertiary/aromatic N) is 3. The van der Waals surface area contributed by atoms with Gasteiger partial charge in [-0.1, -0.05) is 12.2 Å². The Morgan fingerprint density at radius 3 is 2.33 bits per heavy atom. The van der Waals surface area contributed by atoms with Gasteiger partial charge in [0, 0.05) is 11.9 Å². The number of benzene rings is 1. The molecule has 6 heteroatoms. The van der Waals surface area contributed by atoms with Crippen molar-refractivity contribution in [2.45, 2.75) is 6.42 Å². The number of ether oxygens (including phenoxy) is 1. The molecule has 6 nitrogen and oxygen atoms in total. The number of fused-ring (bicyclic) bond motifs is 5. The van der Waals surface area contributed by atoms with Crippen LogP contribution in [0.15, 0.2) is 59.8 Å². The van der Waals surface area contributed by atoms with Crippen molar-refractivity contribution in [1.82, 2.24) is 9.58 Å². The predicted molar refractivity (Wildman–Crippen MR) is 99.5 cm³/mol. The highest BCUT2D eigenvalue weighted by atomic mass is 16.5. The number of allylic oxidation sites excluding steroid dienone is 2. The van der Waals surface area contributed by atoms with E-state index >= 15 is 0 Å². The van der Waals surface area contributed by atoms with Crippen molar-refractivity contribution in [3.63, 3.8) is 0 Å². The third-order valence-electron chi connectivity index (χ3n) is 5.88. The quantitative estimate of drug-likeness (QED) is 0.478. The van der Waals surface area contributed by atoms with Crippen LogP contribution in [0.5, 0.6) is 5.75 Å². The smallest absolute Gasteiger partial charge is 0.254 e. The molecule has 2 aromatic rings. The first-order valence-corrected chi connectivity index (χ1v) is 9.09. The minimum Gasteiger partial charge on any atom is -0.497 e. The summed E-state index contributed by atoms with van der Waals surface area (Å²) in [5.74, 6) is 0.390. The van der Waals surface area contributed by atoms with E-state index in [1.54, 1.807) is 13.3 Å². The summed E-state index contributed by atoms with van der Waals surface area (Å²) in [6, 6.07) is 11.4. The molecule has 2 fully saturated rings. The number of methoxy groups -OCH3 is 1. The van der Waals surface area contributed by atoms with Gasteiger partial charge in [-0.2, -0.15) is 10.1 Å². The zero-order chi connectivity index (χ0) is 18.5. The molecule has 1 aromatic heterocycles. The molecule has 27 heavy (non-hydrogen) atoms. The van der Waals surface area contributed by atoms with E-state index in [4.69, 9.17) is 4.74 Å². The lowest BCUT2D eigenvalue weighted by Crippen LogP contribution is -2.28. The van der Waals surface area contributed by atoms with Crippen LogP contribution < -0.4 is 4.74 Å². The number of rotatable bonds is 4. The molecule has 136 valence electrons. The Hall–Kier alpha value is -3.15. The highest BCUT2D eigenvalue weighted by Gasteiger charge is 2.59. The van der Waals surface area contributed by atoms with Crippen molar-refractivity contribution in [3.8, 4) is 11.4 Å². The number of carbonyl (C=O) groups is 2. The molecular formula is C21H19N3O3. The van der Waals surface area contributed by atoms with Gasteiger partial charge in [0.25, 0.3) is 11.8 Å². The lowest BCUT2D eigenvalue weighted by Gasteiger charge is -2.13. The van der Waals surface area contributed by atoms with Crippen molar-refractivity contribution in [1.29, 1.82) is 0 Å². The van der Waals surface area contributed by atoms with Gasteiger partial charge < -0.3 is 9.30 Å². The molecule has 0 spiro atoms. The van der Waals surface area contributed by atoms with Gasteiger partial charge in [-0.05, 0) is 54.7 Å². The zero-order valence-electron chi connectivity index (χ0n) is 14.9. The first-order chi connectivity index (χ1) is 13.2. The van der Waals surface area contributed by atoms with Crippen LogP contribution in [0.4, 0.5) is 0 Å². The van der Waals surface area contributed by atoms with Gasteiger partial charge in [-0.25, -0.2) is 0 Å². The standard InChI is InChI=1S/C21H19N3O3/c1-27-17-8-6-15(7-9-17)23-10-2-3-16(23)12-22-24-20(25)18-13-4-5-14(11-13)19(18)21(24)26/h2-10,12-14,18-19H,11H2,1H3/t13-,14-,18-,19+/m0/s1. The number of carbonyl (C=O) groups excluding carboxylic acids is 2. The molecule has 5 rings (SSSR count). The topological polar surface area (TPSA) is 63.9 Å². The van der Waals surface area contributed by atoms with Gasteiger partial charge in [-0.3, -0.25) is 9.59 Å². The van der Waals surface area contributed by atoms with E-state index in [0.717, 1.165) is 28.6 Å². The van der Waals surface area contributed by atoms with E-state index in [-0.39, 0.29) is 35.5 Å². The maximum Gasteiger partial charge on any atom is 0.254 e. The fraction of sp³-hybridized carbons (Fsp3) is 0.286. The summed E-state index contributed by atoms with van der Waals surface area (Å²) in [5, 5.41) is 5.34. The Labute approximate surface area is 156 Å². The second kappa shape index (κ2) is 5.94. The average molecular weight is 361 g/mol. The van der Waals surface area contributed by atoms with Gasteiger partial charge in [0.1, 0.15) is 5.75 Å². The van der Waals surface area contributed by atoms with Crippen LogP contribution in [-0.2, 0) is 9.59 Å². The van der Waals surface area contributed by atoms with Crippen molar-refractivity contribution in [3.05, 3.63) is 60.4 Å². The van der Waals surface area contributed by atoms with Crippen LogP contribution in [-0.4, -0.2) is 34.7 Å². The summed E-state index contributed by atoms with van der Waals surface area (Å²) in [5.41, 5.74) is 1.74. The maximum atomic E-state index is 12.7. The van der Waals surface area contributed by atoms with Crippen LogP contribution in [0.2, 0.25) is 0 Å². The first kappa shape index (κ1) is 16.1. The normalized spacial score (nSPS) is 28.6. The monoisotopic (exact) mass is 361 g/mol. The van der Waals surface area contributed by atoms with E-state index in [9.17, 15) is 9.59 Å². The highest BCUT2D eigenvalue weighted by molar-refractivity contribution is 6.06. The predicted octanol–water partition coefficient (Wildman–Crippen LogP) is 2.63. The highest BCUT2D eigenvalue weighted by Crippen LogP contribution is 2.52. The van der Waals surface area contributed by atoms with E-state index in [2.05, 4.69) is 17.3 Å². The number of aromatic nitrogens is 1. The van der Waals surface area contributed by atoms with Crippen LogP contribution in [0.1, 0.15) is 12.1 Å². The van der Waals surface area contributed by atoms with Crippen molar-refractivity contribution >= 4 is 18.0 Å². The van der Waals surface area contributed by atoms with Gasteiger partial charge in [-0.15, -0.1) is 0 Å². The average Bonchev–Trinajstić information content (AvgIpc) is 3.46. The fourth-order valence-corrected chi connectivity index (χ4v) is 4.59.